The maximum atomic E-state index is 12.7. The Labute approximate surface area is 208 Å². The number of hydrogen-bond donors (Lipinski definition) is 3. The molecular formula is C24H29N3O9. The highest BCUT2D eigenvalue weighted by atomic mass is 16.9. The van der Waals surface area contributed by atoms with E-state index < -0.39 is 21.8 Å². The first-order valence-electron chi connectivity index (χ1n) is 10.9. The Kier molecular flexibility index (Phi) is 10.4. The van der Waals surface area contributed by atoms with Gasteiger partial charge in [-0.3, -0.25) is 0 Å². The van der Waals surface area contributed by atoms with Gasteiger partial charge in [0.15, 0.2) is 23.2 Å². The highest BCUT2D eigenvalue weighted by molar-refractivity contribution is 5.36. The first-order valence-corrected chi connectivity index (χ1v) is 10.9. The first kappa shape index (κ1) is 27.3. The lowest BCUT2D eigenvalue weighted by Gasteiger charge is -2.28. The van der Waals surface area contributed by atoms with Gasteiger partial charge in [-0.2, -0.15) is 30.2 Å². The minimum absolute atomic E-state index is 0.253. The average molecular weight is 504 g/mol. The van der Waals surface area contributed by atoms with Crippen LogP contribution in [0.5, 0.6) is 17.2 Å². The summed E-state index contributed by atoms with van der Waals surface area (Å²) in [5, 5.41) is 35.6. The van der Waals surface area contributed by atoms with Crippen LogP contribution in [0.2, 0.25) is 0 Å². The summed E-state index contributed by atoms with van der Waals surface area (Å²) in [5.41, 5.74) is 0.821. The molecule has 3 rings (SSSR count). The molecule has 0 aromatic heterocycles. The van der Waals surface area contributed by atoms with Crippen molar-refractivity contribution in [2.24, 2.45) is 0 Å². The van der Waals surface area contributed by atoms with E-state index in [1.807, 2.05) is 0 Å². The van der Waals surface area contributed by atoms with Crippen molar-refractivity contribution in [3.8, 4) is 17.2 Å². The minimum atomic E-state index is -1.05. The molecule has 0 saturated heterocycles. The number of nitrogens with one attached hydrogen (secondary N) is 3. The van der Waals surface area contributed by atoms with Crippen LogP contribution in [0.4, 0.5) is 17.1 Å². The number of rotatable bonds is 14. The van der Waals surface area contributed by atoms with Crippen LogP contribution in [0.15, 0.2) is 72.8 Å². The summed E-state index contributed by atoms with van der Waals surface area (Å²) in [6, 6.07) is 18.9. The van der Waals surface area contributed by atoms with Crippen LogP contribution >= 0.6 is 0 Å². The van der Waals surface area contributed by atoms with E-state index in [4.69, 9.17) is 28.7 Å². The fourth-order valence-electron chi connectivity index (χ4n) is 3.02. The molecule has 3 N–H and O–H groups in total. The summed E-state index contributed by atoms with van der Waals surface area (Å²) in [4.78, 5) is 16.1. The molecule has 3 unspecified atom stereocenters. The lowest BCUT2D eigenvalue weighted by atomic mass is 10.3. The Balaban J connectivity index is 1.64. The molecule has 36 heavy (non-hydrogen) atoms. The Morgan fingerprint density at radius 2 is 0.833 bits per heavy atom. The van der Waals surface area contributed by atoms with Crippen molar-refractivity contribution in [2.75, 3.05) is 34.5 Å². The van der Waals surface area contributed by atoms with Crippen LogP contribution in [0.25, 0.3) is 0 Å². The lowest BCUT2D eigenvalue weighted by molar-refractivity contribution is -1.03. The lowest BCUT2D eigenvalue weighted by Crippen LogP contribution is -3.04. The second-order valence-electron chi connectivity index (χ2n) is 7.41. The second kappa shape index (κ2) is 13.7. The molecule has 0 heterocycles. The van der Waals surface area contributed by atoms with Crippen LogP contribution in [0, 0.1) is 15.6 Å². The third-order valence-electron chi connectivity index (χ3n) is 5.05. The number of ether oxygens (including phenoxy) is 3. The molecule has 0 aliphatic carbocycles. The maximum Gasteiger partial charge on any atom is 0.176 e. The van der Waals surface area contributed by atoms with E-state index in [-0.39, 0.29) is 30.3 Å². The van der Waals surface area contributed by atoms with Crippen LogP contribution in [0.1, 0.15) is 0 Å². The van der Waals surface area contributed by atoms with E-state index in [1.54, 1.807) is 60.7 Å². The molecule has 3 aromatic rings. The molecule has 3 aromatic carbocycles. The molecule has 0 amide bonds. The molecule has 3 atom stereocenters. The zero-order valence-electron chi connectivity index (χ0n) is 20.1. The van der Waals surface area contributed by atoms with Gasteiger partial charge in [0.2, 0.25) is 0 Å². The molecular weight excluding hydrogens is 474 g/mol. The Bertz CT molecular complexity index is 979. The first-order chi connectivity index (χ1) is 17.4. The highest BCUT2D eigenvalue weighted by Gasteiger charge is 2.22. The molecule has 194 valence electrons. The summed E-state index contributed by atoms with van der Waals surface area (Å²) in [6.07, 6.45) is -1.05. The summed E-state index contributed by atoms with van der Waals surface area (Å²) < 4.78 is 15.2. The fourth-order valence-corrected chi connectivity index (χ4v) is 3.02. The maximum absolute atomic E-state index is 12.7. The normalized spacial score (nSPS) is 14.5. The molecule has 12 nitrogen and oxygen atoms in total. The van der Waals surface area contributed by atoms with Crippen molar-refractivity contribution >= 4 is 17.1 Å². The van der Waals surface area contributed by atoms with Crippen molar-refractivity contribution in [3.05, 3.63) is 88.4 Å². The Morgan fingerprint density at radius 1 is 0.528 bits per heavy atom. The van der Waals surface area contributed by atoms with Gasteiger partial charge in [0.1, 0.15) is 30.5 Å². The highest BCUT2D eigenvalue weighted by Crippen LogP contribution is 2.14. The zero-order chi connectivity index (χ0) is 25.9. The predicted molar refractivity (Wildman–Crippen MR) is 128 cm³/mol. The molecule has 0 radical (unpaired) electrons. The SMILES string of the molecule is COc1ccc([NH+]([O-])OCC(CO[NH+]([O-])c2ccc(OC)cc2)O[NH+]([O-])c2ccc(OC)cc2)cc1. The molecule has 0 aliphatic rings. The summed E-state index contributed by atoms with van der Waals surface area (Å²) >= 11 is 0. The summed E-state index contributed by atoms with van der Waals surface area (Å²) in [6.45, 7) is -0.661. The molecule has 0 aliphatic heterocycles. The standard InChI is InChI=1S/C24H29N3O9/c1-31-21-10-4-18(5-11-21)25(28)34-16-24(36-27(30)20-8-14-23(33-3)15-9-20)17-35-26(29)19-6-12-22(32-2)13-7-19/h4-15,24-27H,16-17H2,1-3H3. The topological polar surface area (TPSA) is 138 Å². The summed E-state index contributed by atoms with van der Waals surface area (Å²) in [5.74, 6) is 1.75. The van der Waals surface area contributed by atoms with Crippen molar-refractivity contribution in [1.82, 2.24) is 0 Å². The van der Waals surface area contributed by atoms with Gasteiger partial charge >= 0.3 is 0 Å². The molecule has 0 bridgehead atoms. The van der Waals surface area contributed by atoms with E-state index in [1.165, 1.54) is 33.5 Å². The van der Waals surface area contributed by atoms with E-state index in [0.29, 0.717) is 17.2 Å². The minimum Gasteiger partial charge on any atom is -0.595 e. The van der Waals surface area contributed by atoms with Crippen LogP contribution in [0.3, 0.4) is 0 Å². The van der Waals surface area contributed by atoms with Gasteiger partial charge < -0.3 is 29.8 Å². The summed E-state index contributed by atoms with van der Waals surface area (Å²) in [7, 11) is 4.54. The average Bonchev–Trinajstić information content (AvgIpc) is 2.94. The molecule has 12 heteroatoms. The van der Waals surface area contributed by atoms with Gasteiger partial charge in [-0.15, -0.1) is 0 Å². The van der Waals surface area contributed by atoms with Crippen molar-refractivity contribution < 1.29 is 44.4 Å². The van der Waals surface area contributed by atoms with E-state index >= 15 is 0 Å². The third kappa shape index (κ3) is 7.86. The van der Waals surface area contributed by atoms with Crippen LogP contribution in [-0.2, 0) is 14.5 Å². The van der Waals surface area contributed by atoms with Crippen molar-refractivity contribution in [2.45, 2.75) is 6.10 Å². The smallest absolute Gasteiger partial charge is 0.176 e. The molecule has 0 saturated carbocycles. The number of hydrogen-bond acceptors (Lipinski definition) is 9. The Morgan fingerprint density at radius 3 is 1.14 bits per heavy atom. The quantitative estimate of drug-likeness (QED) is 0.266. The second-order valence-corrected chi connectivity index (χ2v) is 7.41. The predicted octanol–water partition coefficient (Wildman–Crippen LogP) is 0.319. The van der Waals surface area contributed by atoms with E-state index in [2.05, 4.69) is 0 Å². The fraction of sp³-hybridized carbons (Fsp3) is 0.250. The van der Waals surface area contributed by atoms with Gasteiger partial charge in [-0.05, 0) is 36.4 Å². The van der Waals surface area contributed by atoms with Crippen LogP contribution in [-0.4, -0.2) is 40.6 Å². The van der Waals surface area contributed by atoms with Crippen LogP contribution < -0.4 is 29.9 Å². The van der Waals surface area contributed by atoms with E-state index in [9.17, 15) is 15.6 Å². The van der Waals surface area contributed by atoms with Crippen molar-refractivity contribution in [1.29, 1.82) is 0 Å². The zero-order valence-corrected chi connectivity index (χ0v) is 20.1. The largest absolute Gasteiger partial charge is 0.595 e. The number of benzene rings is 3. The van der Waals surface area contributed by atoms with Gasteiger partial charge in [0.25, 0.3) is 0 Å². The van der Waals surface area contributed by atoms with Gasteiger partial charge in [0, 0.05) is 36.4 Å². The van der Waals surface area contributed by atoms with Gasteiger partial charge in [-0.25, -0.2) is 0 Å². The van der Waals surface area contributed by atoms with Gasteiger partial charge in [0.05, 0.1) is 21.3 Å². The van der Waals surface area contributed by atoms with E-state index in [0.717, 1.165) is 0 Å². The van der Waals surface area contributed by atoms with Crippen molar-refractivity contribution in [3.63, 3.8) is 0 Å². The Hall–Kier alpha value is -3.30. The number of methoxy groups -OCH3 is 3. The number of quaternary nitrogens is 3. The molecule has 0 fully saturated rings. The third-order valence-corrected chi connectivity index (χ3v) is 5.05. The molecule has 0 spiro atoms. The monoisotopic (exact) mass is 503 g/mol. The van der Waals surface area contributed by atoms with Gasteiger partial charge in [-0.1, -0.05) is 0 Å².